The number of ketones is 1. The first-order chi connectivity index (χ1) is 9.61. The molecular weight excluding hydrogens is 293 g/mol. The van der Waals surface area contributed by atoms with Crippen LogP contribution in [0.15, 0.2) is 18.2 Å². The molecule has 0 bridgehead atoms. The van der Waals surface area contributed by atoms with Gasteiger partial charge in [-0.1, -0.05) is 49.4 Å². The monoisotopic (exact) mass is 313 g/mol. The quantitative estimate of drug-likeness (QED) is 0.726. The lowest BCUT2D eigenvalue weighted by atomic mass is 9.94. The van der Waals surface area contributed by atoms with Crippen molar-refractivity contribution < 1.29 is 4.79 Å². The van der Waals surface area contributed by atoms with Gasteiger partial charge in [0.05, 0.1) is 11.6 Å². The summed E-state index contributed by atoms with van der Waals surface area (Å²) < 4.78 is 0. The number of carbonyl (C=O) groups excluding carboxylic acids is 1. The SMILES string of the molecule is CCN(CC(=O)c1cc(Cl)ccc1Cl)C1CCCCC1. The predicted octanol–water partition coefficient (Wildman–Crippen LogP) is 4.83. The molecule has 20 heavy (non-hydrogen) atoms. The molecule has 2 rings (SSSR count). The zero-order valence-electron chi connectivity index (χ0n) is 11.9. The van der Waals surface area contributed by atoms with Gasteiger partial charge in [0.1, 0.15) is 0 Å². The maximum atomic E-state index is 12.4. The van der Waals surface area contributed by atoms with E-state index in [2.05, 4.69) is 11.8 Å². The molecule has 0 aliphatic heterocycles. The average Bonchev–Trinajstić information content (AvgIpc) is 2.48. The van der Waals surface area contributed by atoms with Gasteiger partial charge < -0.3 is 0 Å². The first-order valence-electron chi connectivity index (χ1n) is 7.34. The van der Waals surface area contributed by atoms with Crippen LogP contribution >= 0.6 is 23.2 Å². The minimum atomic E-state index is 0.0601. The van der Waals surface area contributed by atoms with E-state index < -0.39 is 0 Å². The van der Waals surface area contributed by atoms with Crippen molar-refractivity contribution in [2.45, 2.75) is 45.1 Å². The van der Waals surface area contributed by atoms with Crippen molar-refractivity contribution >= 4 is 29.0 Å². The predicted molar refractivity (Wildman–Crippen MR) is 84.9 cm³/mol. The molecule has 1 aromatic rings. The first-order valence-corrected chi connectivity index (χ1v) is 8.09. The van der Waals surface area contributed by atoms with Gasteiger partial charge in [0.2, 0.25) is 0 Å². The summed E-state index contributed by atoms with van der Waals surface area (Å²) in [5.74, 6) is 0.0601. The van der Waals surface area contributed by atoms with Crippen LogP contribution in [0.2, 0.25) is 10.0 Å². The van der Waals surface area contributed by atoms with E-state index >= 15 is 0 Å². The van der Waals surface area contributed by atoms with Gasteiger partial charge in [-0.25, -0.2) is 0 Å². The molecule has 0 saturated heterocycles. The van der Waals surface area contributed by atoms with Gasteiger partial charge in [0.25, 0.3) is 0 Å². The van der Waals surface area contributed by atoms with Crippen LogP contribution < -0.4 is 0 Å². The average molecular weight is 314 g/mol. The van der Waals surface area contributed by atoms with Crippen molar-refractivity contribution in [1.82, 2.24) is 4.90 Å². The van der Waals surface area contributed by atoms with E-state index in [1.54, 1.807) is 18.2 Å². The van der Waals surface area contributed by atoms with Crippen LogP contribution in [0.3, 0.4) is 0 Å². The molecule has 0 heterocycles. The zero-order valence-corrected chi connectivity index (χ0v) is 13.4. The lowest BCUT2D eigenvalue weighted by molar-refractivity contribution is 0.0868. The number of hydrogen-bond acceptors (Lipinski definition) is 2. The van der Waals surface area contributed by atoms with Crippen LogP contribution in [0.25, 0.3) is 0 Å². The molecular formula is C16H21Cl2NO. The molecule has 0 spiro atoms. The number of Topliss-reactive ketones (excluding diaryl/α,β-unsaturated/α-hetero) is 1. The molecule has 0 aromatic heterocycles. The van der Waals surface area contributed by atoms with Crippen LogP contribution in [-0.2, 0) is 0 Å². The lowest BCUT2D eigenvalue weighted by Crippen LogP contribution is -2.40. The largest absolute Gasteiger partial charge is 0.293 e. The third-order valence-electron chi connectivity index (χ3n) is 4.07. The Morgan fingerprint density at radius 3 is 2.60 bits per heavy atom. The minimum Gasteiger partial charge on any atom is -0.293 e. The second-order valence-corrected chi connectivity index (χ2v) is 6.25. The summed E-state index contributed by atoms with van der Waals surface area (Å²) in [5, 5.41) is 1.04. The number of benzene rings is 1. The number of rotatable bonds is 5. The normalized spacial score (nSPS) is 16.6. The van der Waals surface area contributed by atoms with E-state index in [-0.39, 0.29) is 5.78 Å². The van der Waals surface area contributed by atoms with Crippen LogP contribution in [0, 0.1) is 0 Å². The van der Waals surface area contributed by atoms with E-state index in [0.29, 0.717) is 28.2 Å². The highest BCUT2D eigenvalue weighted by atomic mass is 35.5. The van der Waals surface area contributed by atoms with Gasteiger partial charge in [0, 0.05) is 16.6 Å². The Hall–Kier alpha value is -0.570. The Morgan fingerprint density at radius 2 is 1.95 bits per heavy atom. The van der Waals surface area contributed by atoms with Crippen molar-refractivity contribution in [2.75, 3.05) is 13.1 Å². The number of likely N-dealkylation sites (N-methyl/N-ethyl adjacent to an activating group) is 1. The van der Waals surface area contributed by atoms with Gasteiger partial charge in [0.15, 0.2) is 5.78 Å². The second-order valence-electron chi connectivity index (χ2n) is 5.40. The summed E-state index contributed by atoms with van der Waals surface area (Å²) in [5.41, 5.74) is 0.536. The molecule has 110 valence electrons. The van der Waals surface area contributed by atoms with Crippen LogP contribution in [0.5, 0.6) is 0 Å². The van der Waals surface area contributed by atoms with E-state index in [9.17, 15) is 4.79 Å². The Morgan fingerprint density at radius 1 is 1.25 bits per heavy atom. The highest BCUT2D eigenvalue weighted by Crippen LogP contribution is 2.25. The highest BCUT2D eigenvalue weighted by Gasteiger charge is 2.23. The number of halogens is 2. The molecule has 0 radical (unpaired) electrons. The Labute approximate surface area is 131 Å². The summed E-state index contributed by atoms with van der Waals surface area (Å²) >= 11 is 12.1. The van der Waals surface area contributed by atoms with E-state index in [1.165, 1.54) is 32.1 Å². The minimum absolute atomic E-state index is 0.0601. The van der Waals surface area contributed by atoms with Crippen LogP contribution in [0.4, 0.5) is 0 Å². The number of nitrogens with zero attached hydrogens (tertiary/aromatic N) is 1. The molecule has 1 aliphatic rings. The molecule has 1 aliphatic carbocycles. The zero-order chi connectivity index (χ0) is 14.5. The standard InChI is InChI=1S/C16H21Cl2NO/c1-2-19(13-6-4-3-5-7-13)11-16(20)14-10-12(17)8-9-15(14)18/h8-10,13H,2-7,11H2,1H3. The summed E-state index contributed by atoms with van der Waals surface area (Å²) in [6, 6.07) is 5.60. The van der Waals surface area contributed by atoms with Crippen molar-refractivity contribution in [1.29, 1.82) is 0 Å². The summed E-state index contributed by atoms with van der Waals surface area (Å²) in [6.45, 7) is 3.44. The molecule has 0 N–H and O–H groups in total. The van der Waals surface area contributed by atoms with Crippen molar-refractivity contribution in [3.8, 4) is 0 Å². The van der Waals surface area contributed by atoms with Crippen LogP contribution in [-0.4, -0.2) is 29.8 Å². The maximum absolute atomic E-state index is 12.4. The third-order valence-corrected chi connectivity index (χ3v) is 4.64. The fourth-order valence-corrected chi connectivity index (χ4v) is 3.32. The second kappa shape index (κ2) is 7.44. The van der Waals surface area contributed by atoms with E-state index in [0.717, 1.165) is 6.54 Å². The topological polar surface area (TPSA) is 20.3 Å². The summed E-state index contributed by atoms with van der Waals surface area (Å²) in [6.07, 6.45) is 6.26. The summed E-state index contributed by atoms with van der Waals surface area (Å²) in [4.78, 5) is 14.7. The number of hydrogen-bond donors (Lipinski definition) is 0. The molecule has 4 heteroatoms. The van der Waals surface area contributed by atoms with Gasteiger partial charge >= 0.3 is 0 Å². The summed E-state index contributed by atoms with van der Waals surface area (Å²) in [7, 11) is 0. The van der Waals surface area contributed by atoms with Gasteiger partial charge in [-0.15, -0.1) is 0 Å². The molecule has 1 aromatic carbocycles. The van der Waals surface area contributed by atoms with Gasteiger partial charge in [-0.3, -0.25) is 9.69 Å². The van der Waals surface area contributed by atoms with E-state index in [1.807, 2.05) is 0 Å². The molecule has 0 amide bonds. The Kier molecular flexibility index (Phi) is 5.88. The molecule has 0 unspecified atom stereocenters. The smallest absolute Gasteiger partial charge is 0.178 e. The van der Waals surface area contributed by atoms with Crippen molar-refractivity contribution in [2.24, 2.45) is 0 Å². The van der Waals surface area contributed by atoms with Crippen molar-refractivity contribution in [3.63, 3.8) is 0 Å². The molecule has 1 saturated carbocycles. The number of carbonyl (C=O) groups is 1. The van der Waals surface area contributed by atoms with Crippen LogP contribution in [0.1, 0.15) is 49.4 Å². The fraction of sp³-hybridized carbons (Fsp3) is 0.562. The van der Waals surface area contributed by atoms with Gasteiger partial charge in [-0.05, 0) is 37.6 Å². The fourth-order valence-electron chi connectivity index (χ4n) is 2.93. The molecule has 2 nitrogen and oxygen atoms in total. The lowest BCUT2D eigenvalue weighted by Gasteiger charge is -2.33. The maximum Gasteiger partial charge on any atom is 0.178 e. The van der Waals surface area contributed by atoms with Crippen molar-refractivity contribution in [3.05, 3.63) is 33.8 Å². The van der Waals surface area contributed by atoms with E-state index in [4.69, 9.17) is 23.2 Å². The molecule has 0 atom stereocenters. The highest BCUT2D eigenvalue weighted by molar-refractivity contribution is 6.36. The third kappa shape index (κ3) is 3.97. The molecule has 1 fully saturated rings. The van der Waals surface area contributed by atoms with Gasteiger partial charge in [-0.2, -0.15) is 0 Å². The Bertz CT molecular complexity index is 470. The first kappa shape index (κ1) is 15.8. The Balaban J connectivity index is 2.06.